The van der Waals surface area contributed by atoms with Gasteiger partial charge in [-0.1, -0.05) is 15.9 Å². The lowest BCUT2D eigenvalue weighted by Gasteiger charge is -2.01. The number of hydrogen-bond donors (Lipinski definition) is 2. The minimum Gasteiger partial charge on any atom is -0.360 e. The van der Waals surface area contributed by atoms with E-state index in [0.717, 1.165) is 20.9 Å². The first-order valence-electron chi connectivity index (χ1n) is 5.77. The number of carbonyl (C=O) groups excluding carboxylic acids is 1. The van der Waals surface area contributed by atoms with Crippen LogP contribution >= 0.6 is 15.9 Å². The van der Waals surface area contributed by atoms with E-state index in [1.165, 1.54) is 12.8 Å². The molecule has 1 aliphatic carbocycles. The normalized spacial score (nSPS) is 15.4. The summed E-state index contributed by atoms with van der Waals surface area (Å²) in [6.45, 7) is 0.435. The Morgan fingerprint density at radius 3 is 3.06 bits per heavy atom. The quantitative estimate of drug-likeness (QED) is 0.851. The molecule has 0 spiro atoms. The third-order valence-electron chi connectivity index (χ3n) is 3.07. The number of rotatable bonds is 4. The van der Waals surface area contributed by atoms with Crippen molar-refractivity contribution >= 4 is 32.6 Å². The first-order valence-corrected chi connectivity index (χ1v) is 6.56. The molecule has 0 radical (unpaired) electrons. The maximum absolute atomic E-state index is 12.1. The van der Waals surface area contributed by atoms with Crippen molar-refractivity contribution in [2.45, 2.75) is 18.9 Å². The molecule has 3 nitrogen and oxygen atoms in total. The SMILES string of the molecule is O=C(CNC1CC1)c1c[nH]c2ccc(Br)cc12. The second kappa shape index (κ2) is 4.27. The van der Waals surface area contributed by atoms with Crippen LogP contribution in [-0.2, 0) is 0 Å². The molecule has 0 unspecified atom stereocenters. The van der Waals surface area contributed by atoms with Gasteiger partial charge in [-0.05, 0) is 31.0 Å². The molecular weight excluding hydrogens is 280 g/mol. The smallest absolute Gasteiger partial charge is 0.178 e. The number of aromatic nitrogens is 1. The summed E-state index contributed by atoms with van der Waals surface area (Å²) in [5.41, 5.74) is 1.78. The van der Waals surface area contributed by atoms with Gasteiger partial charge in [-0.15, -0.1) is 0 Å². The fourth-order valence-corrected chi connectivity index (χ4v) is 2.30. The first kappa shape index (κ1) is 11.0. The topological polar surface area (TPSA) is 44.9 Å². The van der Waals surface area contributed by atoms with E-state index in [-0.39, 0.29) is 5.78 Å². The Bertz CT molecular complexity index is 572. The van der Waals surface area contributed by atoms with Crippen LogP contribution in [0.25, 0.3) is 10.9 Å². The Labute approximate surface area is 108 Å². The zero-order valence-electron chi connectivity index (χ0n) is 9.29. The van der Waals surface area contributed by atoms with Gasteiger partial charge in [0.15, 0.2) is 5.78 Å². The highest BCUT2D eigenvalue weighted by Gasteiger charge is 2.22. The zero-order valence-corrected chi connectivity index (χ0v) is 10.9. The minimum absolute atomic E-state index is 0.154. The lowest BCUT2D eigenvalue weighted by molar-refractivity contribution is 0.0992. The van der Waals surface area contributed by atoms with Crippen LogP contribution < -0.4 is 5.32 Å². The summed E-state index contributed by atoms with van der Waals surface area (Å²) < 4.78 is 0.994. The van der Waals surface area contributed by atoms with Crippen molar-refractivity contribution in [1.82, 2.24) is 10.3 Å². The molecule has 17 heavy (non-hydrogen) atoms. The maximum Gasteiger partial charge on any atom is 0.178 e. The number of benzene rings is 1. The fourth-order valence-electron chi connectivity index (χ4n) is 1.94. The number of H-pyrrole nitrogens is 1. The molecular formula is C13H13BrN2O. The van der Waals surface area contributed by atoms with Gasteiger partial charge < -0.3 is 10.3 Å². The van der Waals surface area contributed by atoms with Crippen LogP contribution in [-0.4, -0.2) is 23.4 Å². The summed E-state index contributed by atoms with van der Waals surface area (Å²) in [5.74, 6) is 0.154. The van der Waals surface area contributed by atoms with E-state index in [0.29, 0.717) is 12.6 Å². The molecule has 0 amide bonds. The van der Waals surface area contributed by atoms with E-state index in [4.69, 9.17) is 0 Å². The zero-order chi connectivity index (χ0) is 11.8. The third-order valence-corrected chi connectivity index (χ3v) is 3.57. The highest BCUT2D eigenvalue weighted by molar-refractivity contribution is 9.10. The number of aromatic amines is 1. The summed E-state index contributed by atoms with van der Waals surface area (Å²) in [7, 11) is 0. The van der Waals surface area contributed by atoms with Crippen molar-refractivity contribution in [3.8, 4) is 0 Å². The van der Waals surface area contributed by atoms with Gasteiger partial charge >= 0.3 is 0 Å². The molecule has 1 aromatic heterocycles. The summed E-state index contributed by atoms with van der Waals surface area (Å²) in [6, 6.07) is 6.49. The lowest BCUT2D eigenvalue weighted by Crippen LogP contribution is -2.24. The summed E-state index contributed by atoms with van der Waals surface area (Å²) in [6.07, 6.45) is 4.20. The van der Waals surface area contributed by atoms with E-state index in [9.17, 15) is 4.79 Å². The number of Topliss-reactive ketones (excluding diaryl/α,β-unsaturated/α-hetero) is 1. The highest BCUT2D eigenvalue weighted by atomic mass is 79.9. The van der Waals surface area contributed by atoms with Gasteiger partial charge in [-0.2, -0.15) is 0 Å². The number of fused-ring (bicyclic) bond motifs is 1. The van der Waals surface area contributed by atoms with Gasteiger partial charge in [0.1, 0.15) is 0 Å². The Morgan fingerprint density at radius 1 is 1.47 bits per heavy atom. The summed E-state index contributed by atoms with van der Waals surface area (Å²) in [4.78, 5) is 15.2. The molecule has 2 N–H and O–H groups in total. The van der Waals surface area contributed by atoms with E-state index >= 15 is 0 Å². The average Bonchev–Trinajstić information content (AvgIpc) is 3.05. The lowest BCUT2D eigenvalue weighted by atomic mass is 10.1. The van der Waals surface area contributed by atoms with Crippen LogP contribution in [0.1, 0.15) is 23.2 Å². The van der Waals surface area contributed by atoms with Crippen molar-refractivity contribution < 1.29 is 4.79 Å². The van der Waals surface area contributed by atoms with E-state index in [1.54, 1.807) is 6.20 Å². The molecule has 0 atom stereocenters. The van der Waals surface area contributed by atoms with Crippen LogP contribution in [0.2, 0.25) is 0 Å². The fraction of sp³-hybridized carbons (Fsp3) is 0.308. The molecule has 4 heteroatoms. The monoisotopic (exact) mass is 292 g/mol. The van der Waals surface area contributed by atoms with Gasteiger partial charge in [0, 0.05) is 33.2 Å². The van der Waals surface area contributed by atoms with Crippen LogP contribution in [0.5, 0.6) is 0 Å². The Hall–Kier alpha value is -1.13. The predicted octanol–water partition coefficient (Wildman–Crippen LogP) is 2.87. The average molecular weight is 293 g/mol. The molecule has 0 saturated heterocycles. The Kier molecular flexibility index (Phi) is 2.76. The van der Waals surface area contributed by atoms with Crippen LogP contribution in [0.4, 0.5) is 0 Å². The van der Waals surface area contributed by atoms with E-state index in [2.05, 4.69) is 26.2 Å². The van der Waals surface area contributed by atoms with Gasteiger partial charge in [0.05, 0.1) is 6.54 Å². The van der Waals surface area contributed by atoms with Crippen molar-refractivity contribution in [3.05, 3.63) is 34.4 Å². The van der Waals surface area contributed by atoms with Gasteiger partial charge in [-0.25, -0.2) is 0 Å². The van der Waals surface area contributed by atoms with Crippen LogP contribution in [0, 0.1) is 0 Å². The molecule has 3 rings (SSSR count). The largest absolute Gasteiger partial charge is 0.360 e. The molecule has 1 aromatic carbocycles. The second-order valence-corrected chi connectivity index (χ2v) is 5.39. The van der Waals surface area contributed by atoms with Crippen molar-refractivity contribution in [2.24, 2.45) is 0 Å². The van der Waals surface area contributed by atoms with E-state index < -0.39 is 0 Å². The number of halogens is 1. The molecule has 0 aliphatic heterocycles. The number of carbonyl (C=O) groups is 1. The van der Waals surface area contributed by atoms with Gasteiger partial charge in [0.2, 0.25) is 0 Å². The van der Waals surface area contributed by atoms with Gasteiger partial charge in [-0.3, -0.25) is 4.79 Å². The molecule has 2 aromatic rings. The van der Waals surface area contributed by atoms with Crippen molar-refractivity contribution in [2.75, 3.05) is 6.54 Å². The third kappa shape index (κ3) is 2.28. The summed E-state index contributed by atoms with van der Waals surface area (Å²) >= 11 is 3.43. The molecule has 1 fully saturated rings. The molecule has 1 aliphatic rings. The van der Waals surface area contributed by atoms with Crippen LogP contribution in [0.3, 0.4) is 0 Å². The predicted molar refractivity (Wildman–Crippen MR) is 71.4 cm³/mol. The first-order chi connectivity index (χ1) is 8.24. The van der Waals surface area contributed by atoms with E-state index in [1.807, 2.05) is 18.2 Å². The number of hydrogen-bond acceptors (Lipinski definition) is 2. The second-order valence-electron chi connectivity index (χ2n) is 4.47. The van der Waals surface area contributed by atoms with Crippen molar-refractivity contribution in [1.29, 1.82) is 0 Å². The Balaban J connectivity index is 1.87. The number of nitrogens with one attached hydrogen (secondary N) is 2. The minimum atomic E-state index is 0.154. The maximum atomic E-state index is 12.1. The molecule has 0 bridgehead atoms. The molecule has 1 saturated carbocycles. The molecule has 88 valence electrons. The Morgan fingerprint density at radius 2 is 2.29 bits per heavy atom. The van der Waals surface area contributed by atoms with Gasteiger partial charge in [0.25, 0.3) is 0 Å². The standard InChI is InChI=1S/C13H13BrN2O/c14-8-1-4-12-10(5-8)11(6-16-12)13(17)7-15-9-2-3-9/h1,4-6,9,15-16H,2-3,7H2. The summed E-state index contributed by atoms with van der Waals surface area (Å²) in [5, 5.41) is 4.24. The number of ketones is 1. The van der Waals surface area contributed by atoms with Crippen molar-refractivity contribution in [3.63, 3.8) is 0 Å². The highest BCUT2D eigenvalue weighted by Crippen LogP contribution is 2.23. The van der Waals surface area contributed by atoms with Crippen LogP contribution in [0.15, 0.2) is 28.9 Å². The molecule has 1 heterocycles.